The molecule has 1 saturated carbocycles. The zero-order valence-corrected chi connectivity index (χ0v) is 23.4. The van der Waals surface area contributed by atoms with E-state index in [4.69, 9.17) is 15.0 Å². The minimum Gasteiger partial charge on any atom is -0.487 e. The molecule has 222 valence electrons. The highest BCUT2D eigenvalue weighted by atomic mass is 35.5. The monoisotopic (exact) mass is 595 g/mol. The molecule has 1 aliphatic carbocycles. The van der Waals surface area contributed by atoms with Gasteiger partial charge in [0.25, 0.3) is 0 Å². The van der Waals surface area contributed by atoms with E-state index >= 15 is 0 Å². The number of anilines is 2. The van der Waals surface area contributed by atoms with Crippen LogP contribution in [0.4, 0.5) is 25.1 Å². The molecule has 0 unspecified atom stereocenters. The Morgan fingerprint density at radius 3 is 2.39 bits per heavy atom. The summed E-state index contributed by atoms with van der Waals surface area (Å²) < 4.78 is 53.0. The zero-order chi connectivity index (χ0) is 28.0. The number of aliphatic hydroxyl groups is 1. The molecule has 3 aliphatic rings. The highest BCUT2D eigenvalue weighted by molar-refractivity contribution is 5.85. The van der Waals surface area contributed by atoms with E-state index in [1.165, 1.54) is 0 Å². The van der Waals surface area contributed by atoms with Crippen LogP contribution in [-0.4, -0.2) is 63.5 Å². The second-order valence-electron chi connectivity index (χ2n) is 11.1. The molecule has 2 saturated heterocycles. The maximum absolute atomic E-state index is 14.3. The van der Waals surface area contributed by atoms with E-state index in [2.05, 4.69) is 20.1 Å². The fourth-order valence-electron chi connectivity index (χ4n) is 5.82. The second kappa shape index (κ2) is 11.6. The molecule has 3 atom stereocenters. The summed E-state index contributed by atoms with van der Waals surface area (Å²) in [4.78, 5) is 17.1. The zero-order valence-electron chi connectivity index (χ0n) is 22.5. The van der Waals surface area contributed by atoms with E-state index in [-0.39, 0.29) is 30.6 Å². The van der Waals surface area contributed by atoms with Crippen molar-refractivity contribution in [1.29, 1.82) is 0 Å². The SMILES string of the molecule is C[C@H](Oc1cnc(N2C[C@H](c3cc(F)c(F)cc3F)[C@@H](N)C2)nc1)C1CCN(c2nc(C3(O)CCC3)no2)CC1.Cl. The molecule has 0 amide bonds. The lowest BCUT2D eigenvalue weighted by atomic mass is 9.80. The Hall–Kier alpha value is -3.16. The van der Waals surface area contributed by atoms with E-state index in [9.17, 15) is 18.3 Å². The van der Waals surface area contributed by atoms with E-state index < -0.39 is 35.0 Å². The molecule has 3 aromatic rings. The lowest BCUT2D eigenvalue weighted by Crippen LogP contribution is -2.39. The van der Waals surface area contributed by atoms with Gasteiger partial charge in [-0.25, -0.2) is 23.1 Å². The summed E-state index contributed by atoms with van der Waals surface area (Å²) in [6, 6.07) is 1.38. The van der Waals surface area contributed by atoms with Crippen molar-refractivity contribution in [2.45, 2.75) is 62.7 Å². The summed E-state index contributed by atoms with van der Waals surface area (Å²) in [5, 5.41) is 14.4. The number of rotatable bonds is 7. The lowest BCUT2D eigenvalue weighted by Gasteiger charge is -2.34. The summed E-state index contributed by atoms with van der Waals surface area (Å²) >= 11 is 0. The molecule has 14 heteroatoms. The molecule has 2 aliphatic heterocycles. The van der Waals surface area contributed by atoms with Gasteiger partial charge in [-0.05, 0) is 56.6 Å². The minimum absolute atomic E-state index is 0. The van der Waals surface area contributed by atoms with Gasteiger partial charge in [0.1, 0.15) is 11.4 Å². The van der Waals surface area contributed by atoms with Gasteiger partial charge in [0.2, 0.25) is 11.8 Å². The van der Waals surface area contributed by atoms with Gasteiger partial charge in [-0.15, -0.1) is 12.4 Å². The molecule has 0 spiro atoms. The van der Waals surface area contributed by atoms with E-state index in [1.54, 1.807) is 17.3 Å². The van der Waals surface area contributed by atoms with Crippen LogP contribution in [0.1, 0.15) is 56.3 Å². The van der Waals surface area contributed by atoms with Gasteiger partial charge in [-0.2, -0.15) is 4.98 Å². The summed E-state index contributed by atoms with van der Waals surface area (Å²) in [5.74, 6) is -2.07. The molecule has 2 aromatic heterocycles. The van der Waals surface area contributed by atoms with E-state index in [1.807, 2.05) is 11.8 Å². The Kier molecular flexibility index (Phi) is 8.31. The number of halogens is 4. The molecular formula is C27H33ClF3N7O3. The summed E-state index contributed by atoms with van der Waals surface area (Å²) in [7, 11) is 0. The number of ether oxygens (including phenoxy) is 1. The molecule has 4 heterocycles. The van der Waals surface area contributed by atoms with Crippen LogP contribution >= 0.6 is 12.4 Å². The number of nitrogens with two attached hydrogens (primary N) is 1. The van der Waals surface area contributed by atoms with Crippen LogP contribution in [0.2, 0.25) is 0 Å². The van der Waals surface area contributed by atoms with Crippen LogP contribution in [0.5, 0.6) is 5.75 Å². The van der Waals surface area contributed by atoms with E-state index in [0.717, 1.165) is 38.4 Å². The molecule has 0 radical (unpaired) electrons. The summed E-state index contributed by atoms with van der Waals surface area (Å²) in [6.45, 7) is 4.12. The normalized spacial score (nSPS) is 23.2. The molecule has 3 N–H and O–H groups in total. The first kappa shape index (κ1) is 29.3. The van der Waals surface area contributed by atoms with Gasteiger partial charge in [-0.3, -0.25) is 0 Å². The number of benzene rings is 1. The van der Waals surface area contributed by atoms with Crippen molar-refractivity contribution < 1.29 is 27.5 Å². The van der Waals surface area contributed by atoms with Gasteiger partial charge in [0, 0.05) is 44.2 Å². The third kappa shape index (κ3) is 5.80. The van der Waals surface area contributed by atoms with Crippen molar-refractivity contribution >= 4 is 24.4 Å². The molecule has 6 rings (SSSR count). The Balaban J connectivity index is 0.00000337. The van der Waals surface area contributed by atoms with Crippen molar-refractivity contribution in [3.63, 3.8) is 0 Å². The molecule has 3 fully saturated rings. The molecule has 1 aromatic carbocycles. The Bertz CT molecular complexity index is 1350. The first-order valence-corrected chi connectivity index (χ1v) is 13.7. The van der Waals surface area contributed by atoms with E-state index in [0.29, 0.717) is 54.9 Å². The maximum Gasteiger partial charge on any atom is 0.324 e. The highest BCUT2D eigenvalue weighted by Crippen LogP contribution is 2.40. The third-order valence-electron chi connectivity index (χ3n) is 8.51. The Labute approximate surface area is 241 Å². The van der Waals surface area contributed by atoms with Crippen molar-refractivity contribution in [1.82, 2.24) is 20.1 Å². The van der Waals surface area contributed by atoms with Gasteiger partial charge in [-0.1, -0.05) is 5.16 Å². The van der Waals surface area contributed by atoms with Gasteiger partial charge in [0.05, 0.1) is 18.5 Å². The average molecular weight is 596 g/mol. The first-order valence-electron chi connectivity index (χ1n) is 13.7. The molecule has 41 heavy (non-hydrogen) atoms. The smallest absolute Gasteiger partial charge is 0.324 e. The standard InChI is InChI=1S/C27H32F3N7O3.ClH/c1-15(16-3-7-36(8-4-16)26-34-24(35-40-26)27(38)5-2-6-27)39-17-11-32-25(33-12-17)37-13-19(23(31)14-37)18-9-21(29)22(30)10-20(18)28;/h9-12,15-16,19,23,38H,2-8,13-14,31H2,1H3;1H/t15-,19+,23-;/m0./s1. The number of nitrogens with zero attached hydrogens (tertiary/aromatic N) is 6. The van der Waals surface area contributed by atoms with Gasteiger partial charge < -0.3 is 29.9 Å². The summed E-state index contributed by atoms with van der Waals surface area (Å²) in [5.41, 5.74) is 5.32. The maximum atomic E-state index is 14.3. The van der Waals surface area contributed by atoms with Crippen molar-refractivity contribution in [2.24, 2.45) is 11.7 Å². The molecule has 0 bridgehead atoms. The largest absolute Gasteiger partial charge is 0.487 e. The Morgan fingerprint density at radius 2 is 1.73 bits per heavy atom. The van der Waals surface area contributed by atoms with Gasteiger partial charge >= 0.3 is 6.01 Å². The number of hydrogen-bond acceptors (Lipinski definition) is 10. The molecular weight excluding hydrogens is 563 g/mol. The van der Waals surface area contributed by atoms with Crippen molar-refractivity contribution in [3.8, 4) is 5.75 Å². The quantitative estimate of drug-likeness (QED) is 0.391. The van der Waals surface area contributed by atoms with Gasteiger partial charge in [0.15, 0.2) is 17.4 Å². The first-order chi connectivity index (χ1) is 19.2. The van der Waals surface area contributed by atoms with Crippen molar-refractivity contribution in [2.75, 3.05) is 36.0 Å². The Morgan fingerprint density at radius 1 is 1.05 bits per heavy atom. The van der Waals surface area contributed by atoms with Crippen LogP contribution < -0.4 is 20.3 Å². The molecule has 10 nitrogen and oxygen atoms in total. The summed E-state index contributed by atoms with van der Waals surface area (Å²) in [6.07, 6.45) is 7.14. The highest BCUT2D eigenvalue weighted by Gasteiger charge is 2.41. The van der Waals surface area contributed by atoms with Crippen LogP contribution in [0, 0.1) is 23.4 Å². The predicted molar refractivity (Wildman–Crippen MR) is 146 cm³/mol. The topological polar surface area (TPSA) is 127 Å². The fraction of sp³-hybridized carbons (Fsp3) is 0.556. The van der Waals surface area contributed by atoms with Crippen LogP contribution in [0.3, 0.4) is 0 Å². The van der Waals surface area contributed by atoms with Crippen molar-refractivity contribution in [3.05, 3.63) is 53.4 Å². The minimum atomic E-state index is -1.23. The number of piperidine rings is 1. The number of hydrogen-bond donors (Lipinski definition) is 2. The predicted octanol–water partition coefficient (Wildman–Crippen LogP) is 3.69. The lowest BCUT2D eigenvalue weighted by molar-refractivity contribution is -0.0482. The second-order valence-corrected chi connectivity index (χ2v) is 11.1. The fourth-order valence-corrected chi connectivity index (χ4v) is 5.82. The third-order valence-corrected chi connectivity index (χ3v) is 8.51. The van der Waals surface area contributed by atoms with Crippen LogP contribution in [-0.2, 0) is 5.60 Å². The number of aromatic nitrogens is 4. The van der Waals surface area contributed by atoms with Crippen LogP contribution in [0.25, 0.3) is 0 Å². The average Bonchev–Trinajstić information content (AvgIpc) is 3.57. The van der Waals surface area contributed by atoms with Crippen LogP contribution in [0.15, 0.2) is 29.0 Å².